The van der Waals surface area contributed by atoms with Crippen molar-refractivity contribution >= 4 is 38.4 Å². The van der Waals surface area contributed by atoms with Crippen molar-refractivity contribution in [2.45, 2.75) is 6.54 Å². The van der Waals surface area contributed by atoms with Crippen LogP contribution in [0.25, 0.3) is 21.2 Å². The lowest BCUT2D eigenvalue weighted by atomic mass is 10.2. The molecule has 0 N–H and O–H groups in total. The van der Waals surface area contributed by atoms with E-state index in [4.69, 9.17) is 9.40 Å². The van der Waals surface area contributed by atoms with Gasteiger partial charge in [0.1, 0.15) is 10.6 Å². The van der Waals surface area contributed by atoms with E-state index in [2.05, 4.69) is 11.0 Å². The third-order valence-corrected chi connectivity index (χ3v) is 6.22. The second-order valence-corrected chi connectivity index (χ2v) is 8.23. The number of amides is 1. The van der Waals surface area contributed by atoms with E-state index in [9.17, 15) is 9.59 Å². The minimum atomic E-state index is -0.229. The molecule has 0 radical (unpaired) electrons. The van der Waals surface area contributed by atoms with Gasteiger partial charge < -0.3 is 9.32 Å². The zero-order chi connectivity index (χ0) is 19.8. The highest BCUT2D eigenvalue weighted by atomic mass is 32.1. The fourth-order valence-corrected chi connectivity index (χ4v) is 4.66. The van der Waals surface area contributed by atoms with E-state index < -0.39 is 0 Å². The summed E-state index contributed by atoms with van der Waals surface area (Å²) in [4.78, 5) is 33.9. The van der Waals surface area contributed by atoms with Crippen molar-refractivity contribution in [3.05, 3.63) is 75.6 Å². The topological polar surface area (TPSA) is 66.7 Å². The Hall–Kier alpha value is -3.03. The fraction of sp³-hybridized carbons (Fsp3) is 0.227. The molecule has 7 heteroatoms. The Morgan fingerprint density at radius 1 is 1.03 bits per heavy atom. The van der Waals surface area contributed by atoms with Crippen LogP contribution in [0.2, 0.25) is 0 Å². The van der Waals surface area contributed by atoms with Gasteiger partial charge in [-0.05, 0) is 24.3 Å². The summed E-state index contributed by atoms with van der Waals surface area (Å²) < 4.78 is 6.90. The van der Waals surface area contributed by atoms with Crippen molar-refractivity contribution in [2.24, 2.45) is 0 Å². The molecule has 1 fully saturated rings. The highest BCUT2D eigenvalue weighted by molar-refractivity contribution is 7.18. The molecule has 2 aromatic carbocycles. The Bertz CT molecular complexity index is 1220. The van der Waals surface area contributed by atoms with Crippen molar-refractivity contribution in [3.63, 3.8) is 0 Å². The quantitative estimate of drug-likeness (QED) is 0.523. The lowest BCUT2D eigenvalue weighted by molar-refractivity contribution is 0.0598. The first-order valence-corrected chi connectivity index (χ1v) is 10.4. The molecule has 5 rings (SSSR count). The fourth-order valence-electron chi connectivity index (χ4n) is 3.65. The molecule has 1 aliphatic rings. The SMILES string of the molecule is O=C(c1cc(=O)c2ccccc2o1)N1CCN(Cc2nc3ccccc3s2)CC1. The normalized spacial score (nSPS) is 15.2. The van der Waals surface area contributed by atoms with Crippen LogP contribution in [0.4, 0.5) is 0 Å². The van der Waals surface area contributed by atoms with Crippen LogP contribution < -0.4 is 5.43 Å². The van der Waals surface area contributed by atoms with Crippen molar-refractivity contribution in [2.75, 3.05) is 26.2 Å². The number of aromatic nitrogens is 1. The summed E-state index contributed by atoms with van der Waals surface area (Å²) in [5.41, 5.74) is 1.29. The van der Waals surface area contributed by atoms with E-state index >= 15 is 0 Å². The minimum absolute atomic E-state index is 0.105. The smallest absolute Gasteiger partial charge is 0.289 e. The predicted molar refractivity (Wildman–Crippen MR) is 113 cm³/mol. The number of hydrogen-bond donors (Lipinski definition) is 0. The lowest BCUT2D eigenvalue weighted by Crippen LogP contribution is -2.48. The molecule has 4 aromatic rings. The van der Waals surface area contributed by atoms with Crippen molar-refractivity contribution < 1.29 is 9.21 Å². The number of para-hydroxylation sites is 2. The molecule has 0 aliphatic carbocycles. The Balaban J connectivity index is 1.26. The molecule has 0 spiro atoms. The molecule has 0 atom stereocenters. The molecule has 1 saturated heterocycles. The van der Waals surface area contributed by atoms with E-state index in [1.165, 1.54) is 10.8 Å². The molecule has 146 valence electrons. The van der Waals surface area contributed by atoms with Crippen molar-refractivity contribution in [1.82, 2.24) is 14.8 Å². The van der Waals surface area contributed by atoms with Gasteiger partial charge in [0.25, 0.3) is 5.91 Å². The molecule has 3 heterocycles. The zero-order valence-electron chi connectivity index (χ0n) is 15.7. The zero-order valence-corrected chi connectivity index (χ0v) is 16.5. The van der Waals surface area contributed by atoms with Gasteiger partial charge in [0, 0.05) is 32.2 Å². The summed E-state index contributed by atoms with van der Waals surface area (Å²) in [5, 5.41) is 1.58. The van der Waals surface area contributed by atoms with Gasteiger partial charge in [-0.25, -0.2) is 4.98 Å². The number of carbonyl (C=O) groups excluding carboxylic acids is 1. The predicted octanol–water partition coefficient (Wildman–Crippen LogP) is 3.36. The summed E-state index contributed by atoms with van der Waals surface area (Å²) in [7, 11) is 0. The third kappa shape index (κ3) is 3.54. The second kappa shape index (κ2) is 7.42. The largest absolute Gasteiger partial charge is 0.451 e. The molecule has 1 amide bonds. The Labute approximate surface area is 171 Å². The monoisotopic (exact) mass is 405 g/mol. The average molecular weight is 405 g/mol. The number of hydrogen-bond acceptors (Lipinski definition) is 6. The van der Waals surface area contributed by atoms with E-state index in [-0.39, 0.29) is 17.1 Å². The number of benzene rings is 2. The summed E-state index contributed by atoms with van der Waals surface area (Å²) in [5.74, 6) is -0.124. The van der Waals surface area contributed by atoms with Gasteiger partial charge in [-0.1, -0.05) is 24.3 Å². The molecule has 0 saturated carbocycles. The van der Waals surface area contributed by atoms with Gasteiger partial charge in [0.15, 0.2) is 11.2 Å². The van der Waals surface area contributed by atoms with Gasteiger partial charge in [-0.3, -0.25) is 14.5 Å². The summed E-state index contributed by atoms with van der Waals surface area (Å²) in [6.07, 6.45) is 0. The highest BCUT2D eigenvalue weighted by Crippen LogP contribution is 2.23. The maximum Gasteiger partial charge on any atom is 0.289 e. The highest BCUT2D eigenvalue weighted by Gasteiger charge is 2.25. The molecule has 2 aromatic heterocycles. The van der Waals surface area contributed by atoms with Crippen LogP contribution in [0.5, 0.6) is 0 Å². The first-order chi connectivity index (χ1) is 14.2. The van der Waals surface area contributed by atoms with Gasteiger partial charge in [0.05, 0.1) is 22.1 Å². The van der Waals surface area contributed by atoms with Crippen LogP contribution in [-0.2, 0) is 6.54 Å². The van der Waals surface area contributed by atoms with E-state index in [1.807, 2.05) is 18.2 Å². The van der Waals surface area contributed by atoms with Gasteiger partial charge in [0.2, 0.25) is 0 Å². The van der Waals surface area contributed by atoms with Crippen LogP contribution in [0.3, 0.4) is 0 Å². The first kappa shape index (κ1) is 18.0. The van der Waals surface area contributed by atoms with E-state index in [0.29, 0.717) is 24.1 Å². The molecular weight excluding hydrogens is 386 g/mol. The molecule has 0 bridgehead atoms. The van der Waals surface area contributed by atoms with Gasteiger partial charge in [-0.15, -0.1) is 11.3 Å². The third-order valence-electron chi connectivity index (χ3n) is 5.20. The molecular formula is C22H19N3O3S. The maximum absolute atomic E-state index is 12.8. The maximum atomic E-state index is 12.8. The number of piperazine rings is 1. The molecule has 1 aliphatic heterocycles. The Morgan fingerprint density at radius 2 is 1.79 bits per heavy atom. The number of nitrogens with zero attached hydrogens (tertiary/aromatic N) is 3. The number of fused-ring (bicyclic) bond motifs is 2. The van der Waals surface area contributed by atoms with E-state index in [0.717, 1.165) is 30.2 Å². The number of rotatable bonds is 3. The lowest BCUT2D eigenvalue weighted by Gasteiger charge is -2.33. The summed E-state index contributed by atoms with van der Waals surface area (Å²) in [6.45, 7) is 3.51. The molecule has 6 nitrogen and oxygen atoms in total. The number of carbonyl (C=O) groups is 1. The molecule has 29 heavy (non-hydrogen) atoms. The van der Waals surface area contributed by atoms with Crippen LogP contribution in [0.15, 0.2) is 63.8 Å². The standard InChI is InChI=1S/C22H19N3O3S/c26-17-13-19(28-18-7-3-1-5-15(17)18)22(27)25-11-9-24(10-12-25)14-21-23-16-6-2-4-8-20(16)29-21/h1-8,13H,9-12,14H2. The van der Waals surface area contributed by atoms with Crippen LogP contribution >= 0.6 is 11.3 Å². The van der Waals surface area contributed by atoms with Crippen molar-refractivity contribution in [3.8, 4) is 0 Å². The Morgan fingerprint density at radius 3 is 2.62 bits per heavy atom. The first-order valence-electron chi connectivity index (χ1n) is 9.56. The van der Waals surface area contributed by atoms with Gasteiger partial charge >= 0.3 is 0 Å². The van der Waals surface area contributed by atoms with Crippen LogP contribution in [-0.4, -0.2) is 46.9 Å². The van der Waals surface area contributed by atoms with Crippen LogP contribution in [0.1, 0.15) is 15.6 Å². The average Bonchev–Trinajstić information content (AvgIpc) is 3.16. The Kier molecular flexibility index (Phi) is 4.61. The summed E-state index contributed by atoms with van der Waals surface area (Å²) >= 11 is 1.71. The van der Waals surface area contributed by atoms with E-state index in [1.54, 1.807) is 40.5 Å². The minimum Gasteiger partial charge on any atom is -0.451 e. The second-order valence-electron chi connectivity index (χ2n) is 7.11. The number of thiazole rings is 1. The van der Waals surface area contributed by atoms with Crippen LogP contribution in [0, 0.1) is 0 Å². The van der Waals surface area contributed by atoms with Crippen molar-refractivity contribution in [1.29, 1.82) is 0 Å². The summed E-state index contributed by atoms with van der Waals surface area (Å²) in [6, 6.07) is 16.4. The van der Waals surface area contributed by atoms with Gasteiger partial charge in [-0.2, -0.15) is 0 Å². The molecule has 0 unspecified atom stereocenters.